The van der Waals surface area contributed by atoms with E-state index in [0.29, 0.717) is 17.0 Å². The second kappa shape index (κ2) is 6.29. The molecule has 1 aromatic carbocycles. The van der Waals surface area contributed by atoms with Crippen molar-refractivity contribution in [2.24, 2.45) is 5.92 Å². The van der Waals surface area contributed by atoms with Gasteiger partial charge in [-0.1, -0.05) is 37.8 Å². The van der Waals surface area contributed by atoms with E-state index in [0.717, 1.165) is 5.69 Å². The molecule has 0 aliphatic heterocycles. The van der Waals surface area contributed by atoms with Gasteiger partial charge in [0.15, 0.2) is 0 Å². The van der Waals surface area contributed by atoms with E-state index < -0.39 is 5.97 Å². The van der Waals surface area contributed by atoms with E-state index >= 15 is 0 Å². The molecule has 0 spiro atoms. The van der Waals surface area contributed by atoms with Crippen molar-refractivity contribution in [2.45, 2.75) is 45.1 Å². The van der Waals surface area contributed by atoms with Crippen LogP contribution >= 0.6 is 11.6 Å². The molecule has 0 aromatic heterocycles. The second-order valence-corrected chi connectivity index (χ2v) is 5.61. The normalized spacial score (nSPS) is 23.1. The quantitative estimate of drug-likeness (QED) is 0.859. The van der Waals surface area contributed by atoms with E-state index in [2.05, 4.69) is 12.2 Å². The Morgan fingerprint density at radius 3 is 2.79 bits per heavy atom. The van der Waals surface area contributed by atoms with Crippen molar-refractivity contribution < 1.29 is 9.90 Å². The molecule has 0 radical (unpaired) electrons. The predicted molar refractivity (Wildman–Crippen MR) is 78.1 cm³/mol. The molecule has 1 aromatic rings. The van der Waals surface area contributed by atoms with Gasteiger partial charge in [0.2, 0.25) is 0 Å². The Kier molecular flexibility index (Phi) is 4.70. The molecular formula is C15H20ClNO2. The lowest BCUT2D eigenvalue weighted by atomic mass is 9.83. The highest BCUT2D eigenvalue weighted by Crippen LogP contribution is 2.30. The zero-order valence-electron chi connectivity index (χ0n) is 11.2. The van der Waals surface area contributed by atoms with Crippen LogP contribution in [0.25, 0.3) is 0 Å². The topological polar surface area (TPSA) is 49.3 Å². The summed E-state index contributed by atoms with van der Waals surface area (Å²) in [5.41, 5.74) is 1.07. The van der Waals surface area contributed by atoms with E-state index in [1.807, 2.05) is 0 Å². The Balaban J connectivity index is 2.10. The van der Waals surface area contributed by atoms with Gasteiger partial charge in [-0.25, -0.2) is 4.79 Å². The van der Waals surface area contributed by atoms with Crippen LogP contribution in [-0.4, -0.2) is 17.1 Å². The zero-order chi connectivity index (χ0) is 13.8. The molecule has 0 bridgehead atoms. The first-order valence-electron chi connectivity index (χ1n) is 6.91. The first-order valence-corrected chi connectivity index (χ1v) is 7.29. The van der Waals surface area contributed by atoms with Gasteiger partial charge in [-0.3, -0.25) is 0 Å². The number of nitrogens with one attached hydrogen (secondary N) is 1. The number of carboxylic acids is 1. The molecule has 0 amide bonds. The van der Waals surface area contributed by atoms with Gasteiger partial charge in [0.05, 0.1) is 10.6 Å². The van der Waals surface area contributed by atoms with E-state index in [4.69, 9.17) is 16.7 Å². The molecule has 19 heavy (non-hydrogen) atoms. The summed E-state index contributed by atoms with van der Waals surface area (Å²) in [5, 5.41) is 12.8. The van der Waals surface area contributed by atoms with Gasteiger partial charge in [0, 0.05) is 11.7 Å². The number of rotatable bonds is 4. The van der Waals surface area contributed by atoms with E-state index in [1.54, 1.807) is 18.2 Å². The third-order valence-electron chi connectivity index (χ3n) is 3.99. The predicted octanol–water partition coefficient (Wildman–Crippen LogP) is 4.42. The largest absolute Gasteiger partial charge is 0.478 e. The monoisotopic (exact) mass is 281 g/mol. The Morgan fingerprint density at radius 1 is 1.42 bits per heavy atom. The molecule has 2 rings (SSSR count). The molecule has 3 nitrogen and oxygen atoms in total. The Morgan fingerprint density at radius 2 is 2.16 bits per heavy atom. The van der Waals surface area contributed by atoms with Crippen molar-refractivity contribution in [1.29, 1.82) is 0 Å². The van der Waals surface area contributed by atoms with Crippen LogP contribution in [0, 0.1) is 5.92 Å². The Bertz CT molecular complexity index is 461. The summed E-state index contributed by atoms with van der Waals surface area (Å²) in [7, 11) is 0. The number of aromatic carboxylic acids is 1. The second-order valence-electron chi connectivity index (χ2n) is 5.20. The van der Waals surface area contributed by atoms with Crippen LogP contribution in [0.4, 0.5) is 5.69 Å². The average Bonchev–Trinajstić information content (AvgIpc) is 2.39. The maximum Gasteiger partial charge on any atom is 0.337 e. The molecule has 0 heterocycles. The van der Waals surface area contributed by atoms with Gasteiger partial charge in [-0.2, -0.15) is 0 Å². The summed E-state index contributed by atoms with van der Waals surface area (Å²) in [5.74, 6) is -0.285. The van der Waals surface area contributed by atoms with E-state index in [-0.39, 0.29) is 5.56 Å². The SMILES string of the molecule is CCC1CCCCC1Nc1ccc(C(=O)O)c(Cl)c1. The number of halogens is 1. The van der Waals surface area contributed by atoms with E-state index in [9.17, 15) is 4.79 Å². The summed E-state index contributed by atoms with van der Waals surface area (Å²) >= 11 is 5.99. The first-order chi connectivity index (χ1) is 9.11. The fraction of sp³-hybridized carbons (Fsp3) is 0.533. The van der Waals surface area contributed by atoms with Gasteiger partial charge in [0.1, 0.15) is 0 Å². The number of carboxylic acid groups (broad SMARTS) is 1. The fourth-order valence-electron chi connectivity index (χ4n) is 2.88. The zero-order valence-corrected chi connectivity index (χ0v) is 11.9. The summed E-state index contributed by atoms with van der Waals surface area (Å²) in [6.07, 6.45) is 6.20. The van der Waals surface area contributed by atoms with Gasteiger partial charge in [-0.15, -0.1) is 0 Å². The lowest BCUT2D eigenvalue weighted by Gasteiger charge is -2.32. The van der Waals surface area contributed by atoms with Crippen LogP contribution in [0.15, 0.2) is 18.2 Å². The van der Waals surface area contributed by atoms with Crippen LogP contribution < -0.4 is 5.32 Å². The molecule has 1 aliphatic carbocycles. The van der Waals surface area contributed by atoms with Gasteiger partial charge in [-0.05, 0) is 37.0 Å². The Hall–Kier alpha value is -1.22. The molecule has 104 valence electrons. The summed E-state index contributed by atoms with van der Waals surface area (Å²) in [6.45, 7) is 2.23. The fourth-order valence-corrected chi connectivity index (χ4v) is 3.14. The van der Waals surface area contributed by atoms with Crippen LogP contribution in [0.5, 0.6) is 0 Å². The highest BCUT2D eigenvalue weighted by Gasteiger charge is 2.23. The van der Waals surface area contributed by atoms with Crippen molar-refractivity contribution >= 4 is 23.3 Å². The minimum absolute atomic E-state index is 0.155. The third-order valence-corrected chi connectivity index (χ3v) is 4.30. The van der Waals surface area contributed by atoms with Crippen molar-refractivity contribution in [1.82, 2.24) is 0 Å². The summed E-state index contributed by atoms with van der Waals surface area (Å²) in [4.78, 5) is 10.9. The number of benzene rings is 1. The average molecular weight is 282 g/mol. The molecule has 4 heteroatoms. The minimum atomic E-state index is -0.986. The van der Waals surface area contributed by atoms with Crippen molar-refractivity contribution in [3.05, 3.63) is 28.8 Å². The maximum absolute atomic E-state index is 10.9. The highest BCUT2D eigenvalue weighted by atomic mass is 35.5. The van der Waals surface area contributed by atoms with E-state index in [1.165, 1.54) is 32.1 Å². The number of hydrogen-bond donors (Lipinski definition) is 2. The lowest BCUT2D eigenvalue weighted by Crippen LogP contribution is -2.31. The number of anilines is 1. The first kappa shape index (κ1) is 14.2. The van der Waals surface area contributed by atoms with Crippen molar-refractivity contribution in [2.75, 3.05) is 5.32 Å². The summed E-state index contributed by atoms with van der Waals surface area (Å²) < 4.78 is 0. The maximum atomic E-state index is 10.9. The lowest BCUT2D eigenvalue weighted by molar-refractivity contribution is 0.0697. The van der Waals surface area contributed by atoms with Gasteiger partial charge in [0.25, 0.3) is 0 Å². The van der Waals surface area contributed by atoms with Gasteiger partial charge < -0.3 is 10.4 Å². The van der Waals surface area contributed by atoms with Crippen LogP contribution in [0.2, 0.25) is 5.02 Å². The number of hydrogen-bond acceptors (Lipinski definition) is 2. The molecule has 1 fully saturated rings. The molecular weight excluding hydrogens is 262 g/mol. The smallest absolute Gasteiger partial charge is 0.337 e. The van der Waals surface area contributed by atoms with Gasteiger partial charge >= 0.3 is 5.97 Å². The number of carbonyl (C=O) groups is 1. The van der Waals surface area contributed by atoms with Crippen LogP contribution in [-0.2, 0) is 0 Å². The standard InChI is InChI=1S/C15H20ClNO2/c1-2-10-5-3-4-6-14(10)17-11-7-8-12(15(18)19)13(16)9-11/h7-10,14,17H,2-6H2,1H3,(H,18,19). The molecule has 2 N–H and O–H groups in total. The molecule has 0 saturated heterocycles. The van der Waals surface area contributed by atoms with Crippen molar-refractivity contribution in [3.8, 4) is 0 Å². The minimum Gasteiger partial charge on any atom is -0.478 e. The molecule has 1 saturated carbocycles. The third kappa shape index (κ3) is 3.41. The molecule has 2 unspecified atom stereocenters. The molecule has 1 aliphatic rings. The Labute approximate surface area is 119 Å². The van der Waals surface area contributed by atoms with Crippen LogP contribution in [0.1, 0.15) is 49.4 Å². The highest BCUT2D eigenvalue weighted by molar-refractivity contribution is 6.33. The molecule has 2 atom stereocenters. The van der Waals surface area contributed by atoms with Crippen LogP contribution in [0.3, 0.4) is 0 Å². The summed E-state index contributed by atoms with van der Waals surface area (Å²) in [6, 6.07) is 5.56. The van der Waals surface area contributed by atoms with Crippen molar-refractivity contribution in [3.63, 3.8) is 0 Å².